The summed E-state index contributed by atoms with van der Waals surface area (Å²) < 4.78 is 5.03. The predicted octanol–water partition coefficient (Wildman–Crippen LogP) is 3.34. The molecule has 0 heterocycles. The molecule has 1 saturated carbocycles. The SMILES string of the molecule is COC(=O)C1CCCCC1[Si](C)(C)c1ccccc1. The predicted molar refractivity (Wildman–Crippen MR) is 81.3 cm³/mol. The highest BCUT2D eigenvalue weighted by atomic mass is 28.3. The monoisotopic (exact) mass is 276 g/mol. The van der Waals surface area contributed by atoms with Crippen LogP contribution >= 0.6 is 0 Å². The highest BCUT2D eigenvalue weighted by molar-refractivity contribution is 6.91. The zero-order valence-corrected chi connectivity index (χ0v) is 13.2. The van der Waals surface area contributed by atoms with Crippen LogP contribution in [-0.2, 0) is 9.53 Å². The van der Waals surface area contributed by atoms with E-state index in [0.717, 1.165) is 12.8 Å². The number of methoxy groups -OCH3 is 1. The Kier molecular flexibility index (Phi) is 4.45. The molecule has 0 aromatic heterocycles. The Morgan fingerprint density at radius 3 is 2.42 bits per heavy atom. The summed E-state index contributed by atoms with van der Waals surface area (Å²) in [6.45, 7) is 4.79. The molecule has 2 nitrogen and oxygen atoms in total. The van der Waals surface area contributed by atoms with Crippen LogP contribution in [0.5, 0.6) is 0 Å². The molecule has 1 fully saturated rings. The summed E-state index contributed by atoms with van der Waals surface area (Å²) in [5.41, 5.74) is 0.510. The third-order valence-electron chi connectivity index (χ3n) is 4.71. The fourth-order valence-electron chi connectivity index (χ4n) is 3.51. The number of hydrogen-bond acceptors (Lipinski definition) is 2. The van der Waals surface area contributed by atoms with Gasteiger partial charge in [0.1, 0.15) is 0 Å². The molecule has 2 atom stereocenters. The molecule has 0 spiro atoms. The van der Waals surface area contributed by atoms with Crippen LogP contribution in [0.2, 0.25) is 18.6 Å². The van der Waals surface area contributed by atoms with Crippen molar-refractivity contribution in [1.82, 2.24) is 0 Å². The van der Waals surface area contributed by atoms with Gasteiger partial charge in [-0.25, -0.2) is 0 Å². The Bertz CT molecular complexity index is 428. The molecule has 1 aromatic rings. The molecule has 1 aromatic carbocycles. The number of hydrogen-bond donors (Lipinski definition) is 0. The van der Waals surface area contributed by atoms with Crippen LogP contribution in [-0.4, -0.2) is 21.2 Å². The number of benzene rings is 1. The van der Waals surface area contributed by atoms with E-state index in [1.165, 1.54) is 25.1 Å². The number of ether oxygens (including phenoxy) is 1. The average Bonchev–Trinajstić information content (AvgIpc) is 2.47. The van der Waals surface area contributed by atoms with E-state index in [4.69, 9.17) is 4.74 Å². The lowest BCUT2D eigenvalue weighted by molar-refractivity contribution is -0.146. The molecule has 3 heteroatoms. The van der Waals surface area contributed by atoms with Gasteiger partial charge in [-0.15, -0.1) is 0 Å². The van der Waals surface area contributed by atoms with Gasteiger partial charge in [0, 0.05) is 0 Å². The molecule has 0 radical (unpaired) electrons. The third-order valence-corrected chi connectivity index (χ3v) is 9.08. The van der Waals surface area contributed by atoms with Crippen LogP contribution in [0, 0.1) is 5.92 Å². The van der Waals surface area contributed by atoms with E-state index in [2.05, 4.69) is 43.4 Å². The minimum Gasteiger partial charge on any atom is -0.469 e. The molecule has 0 bridgehead atoms. The first-order valence-corrected chi connectivity index (χ1v) is 10.3. The third kappa shape index (κ3) is 2.91. The van der Waals surface area contributed by atoms with Gasteiger partial charge >= 0.3 is 5.97 Å². The van der Waals surface area contributed by atoms with Gasteiger partial charge in [-0.1, -0.05) is 67.9 Å². The van der Waals surface area contributed by atoms with E-state index in [-0.39, 0.29) is 11.9 Å². The highest BCUT2D eigenvalue weighted by Gasteiger charge is 2.43. The lowest BCUT2D eigenvalue weighted by Crippen LogP contribution is -2.50. The number of carbonyl (C=O) groups is 1. The summed E-state index contributed by atoms with van der Waals surface area (Å²) in [5.74, 6) is 0.113. The van der Waals surface area contributed by atoms with Crippen molar-refractivity contribution >= 4 is 19.2 Å². The standard InChI is InChI=1S/C16H24O2Si/c1-18-16(17)14-11-7-8-12-15(14)19(2,3)13-9-5-4-6-10-13/h4-6,9-10,14-15H,7-8,11-12H2,1-3H3. The van der Waals surface area contributed by atoms with Gasteiger partial charge in [-0.05, 0) is 12.0 Å². The first-order valence-electron chi connectivity index (χ1n) is 7.20. The van der Waals surface area contributed by atoms with Crippen molar-refractivity contribution in [3.8, 4) is 0 Å². The van der Waals surface area contributed by atoms with E-state index >= 15 is 0 Å². The maximum Gasteiger partial charge on any atom is 0.308 e. The largest absolute Gasteiger partial charge is 0.469 e. The van der Waals surface area contributed by atoms with Crippen LogP contribution < -0.4 is 5.19 Å². The summed E-state index contributed by atoms with van der Waals surface area (Å²) in [4.78, 5) is 12.1. The lowest BCUT2D eigenvalue weighted by atomic mass is 9.88. The van der Waals surface area contributed by atoms with E-state index in [1.54, 1.807) is 0 Å². The summed E-state index contributed by atoms with van der Waals surface area (Å²) in [5, 5.41) is 1.45. The average molecular weight is 276 g/mol. The van der Waals surface area contributed by atoms with Gasteiger partial charge < -0.3 is 4.74 Å². The van der Waals surface area contributed by atoms with Gasteiger partial charge in [-0.2, -0.15) is 0 Å². The molecule has 2 unspecified atom stereocenters. The summed E-state index contributed by atoms with van der Waals surface area (Å²) in [6, 6.07) is 10.7. The molecule has 2 rings (SSSR count). The molecule has 0 aliphatic heterocycles. The lowest BCUT2D eigenvalue weighted by Gasteiger charge is -2.40. The summed E-state index contributed by atoms with van der Waals surface area (Å²) in [6.07, 6.45) is 4.59. The fraction of sp³-hybridized carbons (Fsp3) is 0.562. The Balaban J connectivity index is 2.28. The quantitative estimate of drug-likeness (QED) is 0.625. The van der Waals surface area contributed by atoms with Gasteiger partial charge in [0.2, 0.25) is 0 Å². The van der Waals surface area contributed by atoms with Crippen molar-refractivity contribution < 1.29 is 9.53 Å². The van der Waals surface area contributed by atoms with Crippen molar-refractivity contribution in [3.05, 3.63) is 30.3 Å². The van der Waals surface area contributed by atoms with Gasteiger partial charge in [0.15, 0.2) is 0 Å². The van der Waals surface area contributed by atoms with E-state index < -0.39 is 8.07 Å². The maximum atomic E-state index is 12.1. The second-order valence-electron chi connectivity index (χ2n) is 6.11. The number of carbonyl (C=O) groups excluding carboxylic acids is 1. The molecule has 0 amide bonds. The first kappa shape index (κ1) is 14.3. The van der Waals surface area contributed by atoms with Crippen LogP contribution in [0.15, 0.2) is 30.3 Å². The Morgan fingerprint density at radius 2 is 1.79 bits per heavy atom. The van der Waals surface area contributed by atoms with Crippen molar-refractivity contribution in [3.63, 3.8) is 0 Å². The van der Waals surface area contributed by atoms with Crippen molar-refractivity contribution in [2.45, 2.75) is 44.3 Å². The minimum absolute atomic E-state index is 0.00112. The Morgan fingerprint density at radius 1 is 1.16 bits per heavy atom. The second-order valence-corrected chi connectivity index (χ2v) is 10.9. The number of rotatable bonds is 3. The van der Waals surface area contributed by atoms with Crippen LogP contribution in [0.1, 0.15) is 25.7 Å². The normalized spacial score (nSPS) is 23.9. The Hall–Kier alpha value is -1.09. The van der Waals surface area contributed by atoms with Crippen molar-refractivity contribution in [1.29, 1.82) is 0 Å². The zero-order chi connectivity index (χ0) is 13.9. The molecular formula is C16H24O2Si. The second kappa shape index (κ2) is 5.91. The first-order chi connectivity index (χ1) is 9.07. The minimum atomic E-state index is -1.62. The summed E-state index contributed by atoms with van der Waals surface area (Å²) >= 11 is 0. The molecule has 0 saturated heterocycles. The van der Waals surface area contributed by atoms with Crippen LogP contribution in [0.4, 0.5) is 0 Å². The Labute approximate surface area is 117 Å². The van der Waals surface area contributed by atoms with Gasteiger partial charge in [-0.3, -0.25) is 4.79 Å². The van der Waals surface area contributed by atoms with E-state index in [1.807, 2.05) is 0 Å². The topological polar surface area (TPSA) is 26.3 Å². The van der Waals surface area contributed by atoms with Gasteiger partial charge in [0.25, 0.3) is 0 Å². The van der Waals surface area contributed by atoms with Crippen LogP contribution in [0.3, 0.4) is 0 Å². The fourth-order valence-corrected chi connectivity index (χ4v) is 7.22. The molecule has 19 heavy (non-hydrogen) atoms. The van der Waals surface area contributed by atoms with E-state index in [9.17, 15) is 4.79 Å². The molecule has 104 valence electrons. The zero-order valence-electron chi connectivity index (χ0n) is 12.2. The van der Waals surface area contributed by atoms with Crippen LogP contribution in [0.25, 0.3) is 0 Å². The molecule has 1 aliphatic carbocycles. The van der Waals surface area contributed by atoms with Gasteiger partial charge in [0.05, 0.1) is 21.1 Å². The molecule has 1 aliphatic rings. The highest BCUT2D eigenvalue weighted by Crippen LogP contribution is 2.42. The molecular weight excluding hydrogens is 252 g/mol. The summed E-state index contributed by atoms with van der Waals surface area (Å²) in [7, 11) is -0.103. The smallest absolute Gasteiger partial charge is 0.308 e. The maximum absolute atomic E-state index is 12.1. The number of esters is 1. The van der Waals surface area contributed by atoms with E-state index in [0.29, 0.717) is 5.54 Å². The molecule has 0 N–H and O–H groups in total. The van der Waals surface area contributed by atoms with Crippen molar-refractivity contribution in [2.24, 2.45) is 5.92 Å². The van der Waals surface area contributed by atoms with Crippen molar-refractivity contribution in [2.75, 3.05) is 7.11 Å².